The Balaban J connectivity index is 1.83. The van der Waals surface area contributed by atoms with Gasteiger partial charge < -0.3 is 4.57 Å². The molecule has 6 rings (SSSR count). The zero-order chi connectivity index (χ0) is 22.1. The van der Waals surface area contributed by atoms with Crippen LogP contribution in [0.5, 0.6) is 0 Å². The van der Waals surface area contributed by atoms with E-state index in [1.165, 1.54) is 27.8 Å². The number of benzene rings is 4. The van der Waals surface area contributed by atoms with Crippen molar-refractivity contribution in [1.29, 1.82) is 0 Å². The average molecular weight is 433 g/mol. The highest BCUT2D eigenvalue weighted by Gasteiger charge is 2.48. The Hall–Kier alpha value is -3.15. The van der Waals surface area contributed by atoms with E-state index in [0.29, 0.717) is 0 Å². The Bertz CT molecular complexity index is 1460. The first-order valence-corrected chi connectivity index (χ1v) is 12.9. The van der Waals surface area contributed by atoms with Gasteiger partial charge in [-0.05, 0) is 34.7 Å². The van der Waals surface area contributed by atoms with Crippen LogP contribution in [-0.4, -0.2) is 0 Å². The number of aryl methyl sites for hydroxylation is 1. The van der Waals surface area contributed by atoms with E-state index in [0.717, 1.165) is 27.1 Å². The fourth-order valence-corrected chi connectivity index (χ4v) is 8.85. The Morgan fingerprint density at radius 3 is 2.09 bits per heavy atom. The maximum absolute atomic E-state index is 15.4. The molecule has 2 aliphatic rings. The van der Waals surface area contributed by atoms with E-state index in [1.54, 1.807) is 0 Å². The summed E-state index contributed by atoms with van der Waals surface area (Å²) in [6.07, 6.45) is 0. The molecule has 0 saturated carbocycles. The molecule has 0 bridgehead atoms. The molecular formula is C30H25OP. The molecule has 156 valence electrons. The molecule has 4 aromatic carbocycles. The van der Waals surface area contributed by atoms with Gasteiger partial charge in [-0.25, -0.2) is 0 Å². The monoisotopic (exact) mass is 432 g/mol. The summed E-state index contributed by atoms with van der Waals surface area (Å²) in [5, 5.41) is 2.87. The van der Waals surface area contributed by atoms with Gasteiger partial charge in [-0.1, -0.05) is 116 Å². The summed E-state index contributed by atoms with van der Waals surface area (Å²) in [5.74, 6) is 0. The molecule has 0 amide bonds. The van der Waals surface area contributed by atoms with E-state index in [1.807, 2.05) is 30.3 Å². The van der Waals surface area contributed by atoms with Gasteiger partial charge in [0.15, 0.2) is 7.14 Å². The van der Waals surface area contributed by atoms with Gasteiger partial charge >= 0.3 is 0 Å². The zero-order valence-corrected chi connectivity index (χ0v) is 19.5. The van der Waals surface area contributed by atoms with Crippen LogP contribution in [0, 0.1) is 6.92 Å². The molecule has 1 atom stereocenters. The van der Waals surface area contributed by atoms with Crippen LogP contribution >= 0.6 is 7.14 Å². The van der Waals surface area contributed by atoms with E-state index in [-0.39, 0.29) is 5.41 Å². The number of fused-ring (bicyclic) bond motifs is 2. The summed E-state index contributed by atoms with van der Waals surface area (Å²) in [6, 6.07) is 33.7. The Morgan fingerprint density at radius 1 is 0.688 bits per heavy atom. The minimum atomic E-state index is -3.05. The second-order valence-corrected chi connectivity index (χ2v) is 12.1. The lowest BCUT2D eigenvalue weighted by atomic mass is 9.67. The summed E-state index contributed by atoms with van der Waals surface area (Å²) in [6.45, 7) is 6.67. The van der Waals surface area contributed by atoms with Gasteiger partial charge in [0.05, 0.1) is 0 Å². The van der Waals surface area contributed by atoms with Gasteiger partial charge in [-0.3, -0.25) is 0 Å². The largest absolute Gasteiger partial charge is 0.309 e. The van der Waals surface area contributed by atoms with Gasteiger partial charge in [-0.15, -0.1) is 0 Å². The summed E-state index contributed by atoms with van der Waals surface area (Å²) >= 11 is 0. The normalized spacial score (nSPS) is 20.1. The van der Waals surface area contributed by atoms with Crippen molar-refractivity contribution in [1.82, 2.24) is 0 Å². The first-order valence-electron chi connectivity index (χ1n) is 11.2. The minimum Gasteiger partial charge on any atom is -0.309 e. The lowest BCUT2D eigenvalue weighted by Crippen LogP contribution is -2.28. The summed E-state index contributed by atoms with van der Waals surface area (Å²) in [7, 11) is -3.05. The van der Waals surface area contributed by atoms with Gasteiger partial charge in [0.2, 0.25) is 0 Å². The van der Waals surface area contributed by atoms with Crippen molar-refractivity contribution < 1.29 is 4.57 Å². The first kappa shape index (κ1) is 19.5. The van der Waals surface area contributed by atoms with Crippen molar-refractivity contribution in [2.45, 2.75) is 26.2 Å². The third-order valence-corrected chi connectivity index (χ3v) is 10.4. The second-order valence-electron chi connectivity index (χ2n) is 9.40. The van der Waals surface area contributed by atoms with Crippen LogP contribution in [0.25, 0.3) is 10.9 Å². The first-order chi connectivity index (χ1) is 15.4. The smallest absolute Gasteiger partial charge is 0.172 e. The molecule has 1 heterocycles. The molecule has 32 heavy (non-hydrogen) atoms. The van der Waals surface area contributed by atoms with E-state index in [2.05, 4.69) is 87.5 Å². The second kappa shape index (κ2) is 6.67. The zero-order valence-electron chi connectivity index (χ0n) is 18.6. The average Bonchev–Trinajstić information content (AvgIpc) is 3.09. The Morgan fingerprint density at radius 2 is 1.34 bits per heavy atom. The highest BCUT2D eigenvalue weighted by atomic mass is 31.2. The number of rotatable bonds is 2. The Kier molecular flexibility index (Phi) is 4.07. The summed E-state index contributed by atoms with van der Waals surface area (Å²) in [4.78, 5) is 0. The summed E-state index contributed by atoms with van der Waals surface area (Å²) in [5.41, 5.74) is 8.20. The van der Waals surface area contributed by atoms with Gasteiger partial charge in [0.1, 0.15) is 0 Å². The lowest BCUT2D eigenvalue weighted by Gasteiger charge is -2.36. The summed E-state index contributed by atoms with van der Waals surface area (Å²) < 4.78 is 15.4. The van der Waals surface area contributed by atoms with Crippen molar-refractivity contribution in [2.24, 2.45) is 0 Å². The van der Waals surface area contributed by atoms with Crippen molar-refractivity contribution in [3.8, 4) is 0 Å². The SMILES string of the molecule is Cc1ccc(C2=C3c4ccccc4C(C)(C)c4cccc(c43)P2(=O)c2ccccc2)cc1. The van der Waals surface area contributed by atoms with E-state index in [9.17, 15) is 0 Å². The molecular weight excluding hydrogens is 407 g/mol. The number of hydrogen-bond donors (Lipinski definition) is 0. The molecule has 2 heteroatoms. The van der Waals surface area contributed by atoms with Crippen LogP contribution in [0.2, 0.25) is 0 Å². The molecule has 0 fully saturated rings. The van der Waals surface area contributed by atoms with Crippen LogP contribution in [0.4, 0.5) is 0 Å². The van der Waals surface area contributed by atoms with Crippen molar-refractivity contribution in [2.75, 3.05) is 0 Å². The molecule has 1 unspecified atom stereocenters. The van der Waals surface area contributed by atoms with Crippen LogP contribution in [0.15, 0.2) is 97.1 Å². The standard InChI is InChI=1S/C30H25OP/c1-20-16-18-21(19-17-20)29-27-23-12-7-8-13-24(23)30(2,3)25-14-9-15-26(28(25)27)32(29,31)22-10-5-4-6-11-22/h4-19H,1-3H3. The van der Waals surface area contributed by atoms with E-state index in [4.69, 9.17) is 0 Å². The highest BCUT2D eigenvalue weighted by molar-refractivity contribution is 7.88. The molecule has 0 saturated heterocycles. The molecule has 1 nitrogen and oxygen atoms in total. The molecule has 0 radical (unpaired) electrons. The number of hydrogen-bond acceptors (Lipinski definition) is 1. The van der Waals surface area contributed by atoms with Crippen molar-refractivity contribution >= 4 is 28.6 Å². The maximum Gasteiger partial charge on any atom is 0.172 e. The van der Waals surface area contributed by atoms with Crippen molar-refractivity contribution in [3.63, 3.8) is 0 Å². The third kappa shape index (κ3) is 2.43. The molecule has 1 aliphatic carbocycles. The topological polar surface area (TPSA) is 17.1 Å². The Labute approximate surface area is 189 Å². The molecule has 1 aliphatic heterocycles. The third-order valence-electron chi connectivity index (χ3n) is 7.17. The predicted molar refractivity (Wildman–Crippen MR) is 135 cm³/mol. The van der Waals surface area contributed by atoms with Gasteiger partial charge in [0, 0.05) is 26.9 Å². The predicted octanol–water partition coefficient (Wildman–Crippen LogP) is 6.88. The van der Waals surface area contributed by atoms with Crippen molar-refractivity contribution in [3.05, 3.63) is 130 Å². The van der Waals surface area contributed by atoms with E-state index >= 15 is 4.57 Å². The van der Waals surface area contributed by atoms with Crippen LogP contribution < -0.4 is 10.6 Å². The van der Waals surface area contributed by atoms with Crippen LogP contribution in [0.1, 0.15) is 47.2 Å². The molecule has 0 N–H and O–H groups in total. The minimum absolute atomic E-state index is 0.157. The quantitative estimate of drug-likeness (QED) is 0.316. The van der Waals surface area contributed by atoms with Gasteiger partial charge in [-0.2, -0.15) is 0 Å². The lowest BCUT2D eigenvalue weighted by molar-refractivity contribution is 0.593. The fraction of sp³-hybridized carbons (Fsp3) is 0.133. The van der Waals surface area contributed by atoms with Crippen LogP contribution in [-0.2, 0) is 9.98 Å². The van der Waals surface area contributed by atoms with Crippen LogP contribution in [0.3, 0.4) is 0 Å². The van der Waals surface area contributed by atoms with E-state index < -0.39 is 7.14 Å². The van der Waals surface area contributed by atoms with Gasteiger partial charge in [0.25, 0.3) is 0 Å². The molecule has 0 aromatic heterocycles. The molecule has 0 spiro atoms. The highest BCUT2D eigenvalue weighted by Crippen LogP contribution is 2.68. The fourth-order valence-electron chi connectivity index (χ4n) is 5.58. The maximum atomic E-state index is 15.4. The molecule has 4 aromatic rings.